The Bertz CT molecular complexity index is 583. The van der Waals surface area contributed by atoms with Crippen molar-refractivity contribution in [3.05, 3.63) is 34.9 Å². The Morgan fingerprint density at radius 2 is 2.10 bits per heavy atom. The number of nitrogens with zero attached hydrogens (tertiary/aromatic N) is 1. The van der Waals surface area contributed by atoms with E-state index in [1.807, 2.05) is 18.2 Å². The van der Waals surface area contributed by atoms with Crippen molar-refractivity contribution in [3.8, 4) is 0 Å². The van der Waals surface area contributed by atoms with E-state index in [4.69, 9.17) is 11.6 Å². The van der Waals surface area contributed by atoms with E-state index in [1.54, 1.807) is 13.8 Å². The molecular weight excluding hydrogens is 294 g/mol. The molecule has 0 N–H and O–H groups in total. The summed E-state index contributed by atoms with van der Waals surface area (Å²) in [6.45, 7) is 5.10. The molecule has 1 aliphatic heterocycles. The molecule has 20 heavy (non-hydrogen) atoms. The van der Waals surface area contributed by atoms with Crippen LogP contribution in [-0.4, -0.2) is 37.4 Å². The Labute approximate surface area is 126 Å². The molecule has 1 aromatic carbocycles. The molecule has 2 rings (SSSR count). The number of likely N-dealkylation sites (tertiary alicyclic amines) is 1. The van der Waals surface area contributed by atoms with Crippen LogP contribution in [0.5, 0.6) is 0 Å². The SMILES string of the molecule is CC(C)(CN1CCCC1c1cccc(Cl)c1)S(C)(=O)=O. The largest absolute Gasteiger partial charge is 0.295 e. The van der Waals surface area contributed by atoms with Crippen molar-refractivity contribution in [2.24, 2.45) is 0 Å². The summed E-state index contributed by atoms with van der Waals surface area (Å²) >= 11 is 6.06. The highest BCUT2D eigenvalue weighted by Gasteiger charge is 2.36. The Balaban J connectivity index is 2.20. The lowest BCUT2D eigenvalue weighted by atomic mass is 10.0. The van der Waals surface area contributed by atoms with Gasteiger partial charge in [-0.15, -0.1) is 0 Å². The zero-order valence-corrected chi connectivity index (χ0v) is 13.8. The van der Waals surface area contributed by atoms with Gasteiger partial charge in [0, 0.05) is 23.9 Å². The van der Waals surface area contributed by atoms with Crippen molar-refractivity contribution < 1.29 is 8.42 Å². The Hall–Kier alpha value is -0.580. The molecule has 0 radical (unpaired) electrons. The molecule has 0 aliphatic carbocycles. The highest BCUT2D eigenvalue weighted by molar-refractivity contribution is 7.92. The molecule has 5 heteroatoms. The standard InChI is InChI=1S/C15H22ClNO2S/c1-15(2,20(3,18)19)11-17-9-5-8-14(17)12-6-4-7-13(16)10-12/h4,6-7,10,14H,5,8-9,11H2,1-3H3. The van der Waals surface area contributed by atoms with Crippen LogP contribution in [-0.2, 0) is 9.84 Å². The van der Waals surface area contributed by atoms with Gasteiger partial charge < -0.3 is 0 Å². The van der Waals surface area contributed by atoms with Crippen LogP contribution in [0.3, 0.4) is 0 Å². The average molecular weight is 316 g/mol. The fourth-order valence-corrected chi connectivity index (χ4v) is 3.31. The van der Waals surface area contributed by atoms with Gasteiger partial charge >= 0.3 is 0 Å². The summed E-state index contributed by atoms with van der Waals surface area (Å²) in [5.41, 5.74) is 1.18. The highest BCUT2D eigenvalue weighted by atomic mass is 35.5. The van der Waals surface area contributed by atoms with Crippen LogP contribution in [0, 0.1) is 0 Å². The average Bonchev–Trinajstić information content (AvgIpc) is 2.74. The van der Waals surface area contributed by atoms with Crippen molar-refractivity contribution in [3.63, 3.8) is 0 Å². The second kappa shape index (κ2) is 5.66. The molecule has 1 aliphatic rings. The molecule has 1 fully saturated rings. The zero-order chi connectivity index (χ0) is 15.0. The minimum Gasteiger partial charge on any atom is -0.295 e. The van der Waals surface area contributed by atoms with E-state index in [0.717, 1.165) is 24.4 Å². The van der Waals surface area contributed by atoms with Crippen LogP contribution in [0.4, 0.5) is 0 Å². The molecule has 0 saturated carbocycles. The predicted molar refractivity (Wildman–Crippen MR) is 83.9 cm³/mol. The third-order valence-electron chi connectivity index (χ3n) is 4.18. The number of halogens is 1. The summed E-state index contributed by atoms with van der Waals surface area (Å²) in [7, 11) is -3.07. The van der Waals surface area contributed by atoms with Gasteiger partial charge in [0.25, 0.3) is 0 Å². The van der Waals surface area contributed by atoms with Crippen molar-refractivity contribution in [2.75, 3.05) is 19.3 Å². The second-order valence-electron chi connectivity index (χ2n) is 6.22. The molecule has 1 aromatic rings. The number of hydrogen-bond acceptors (Lipinski definition) is 3. The maximum absolute atomic E-state index is 11.9. The molecule has 1 atom stereocenters. The smallest absolute Gasteiger partial charge is 0.153 e. The number of hydrogen-bond donors (Lipinski definition) is 0. The van der Waals surface area contributed by atoms with Gasteiger partial charge in [-0.2, -0.15) is 0 Å². The number of rotatable bonds is 4. The van der Waals surface area contributed by atoms with Crippen LogP contribution in [0.2, 0.25) is 5.02 Å². The van der Waals surface area contributed by atoms with Crippen molar-refractivity contribution >= 4 is 21.4 Å². The fraction of sp³-hybridized carbons (Fsp3) is 0.600. The third kappa shape index (κ3) is 3.35. The number of sulfone groups is 1. The van der Waals surface area contributed by atoms with Gasteiger partial charge in [-0.1, -0.05) is 23.7 Å². The molecule has 1 saturated heterocycles. The maximum Gasteiger partial charge on any atom is 0.153 e. The van der Waals surface area contributed by atoms with Crippen LogP contribution in [0.15, 0.2) is 24.3 Å². The first-order valence-corrected chi connectivity index (χ1v) is 9.17. The first kappa shape index (κ1) is 15.8. The lowest BCUT2D eigenvalue weighted by molar-refractivity contribution is 0.236. The molecule has 1 heterocycles. The summed E-state index contributed by atoms with van der Waals surface area (Å²) in [6, 6.07) is 8.15. The summed E-state index contributed by atoms with van der Waals surface area (Å²) < 4.78 is 23.1. The lowest BCUT2D eigenvalue weighted by Gasteiger charge is -2.32. The molecule has 3 nitrogen and oxygen atoms in total. The van der Waals surface area contributed by atoms with Gasteiger partial charge in [-0.05, 0) is 50.9 Å². The Kier molecular flexibility index (Phi) is 4.47. The number of benzene rings is 1. The summed E-state index contributed by atoms with van der Waals surface area (Å²) in [4.78, 5) is 2.27. The maximum atomic E-state index is 11.9. The van der Waals surface area contributed by atoms with E-state index < -0.39 is 14.6 Å². The van der Waals surface area contributed by atoms with Crippen LogP contribution in [0.1, 0.15) is 38.3 Å². The molecule has 0 aromatic heterocycles. The minimum atomic E-state index is -3.07. The minimum absolute atomic E-state index is 0.273. The van der Waals surface area contributed by atoms with Gasteiger partial charge in [0.05, 0.1) is 4.75 Å². The highest BCUT2D eigenvalue weighted by Crippen LogP contribution is 2.35. The first-order valence-electron chi connectivity index (χ1n) is 6.90. The van der Waals surface area contributed by atoms with E-state index >= 15 is 0 Å². The predicted octanol–water partition coefficient (Wildman–Crippen LogP) is 3.30. The second-order valence-corrected chi connectivity index (χ2v) is 9.30. The van der Waals surface area contributed by atoms with Crippen LogP contribution in [0.25, 0.3) is 0 Å². The van der Waals surface area contributed by atoms with Gasteiger partial charge in [-0.25, -0.2) is 8.42 Å². The van der Waals surface area contributed by atoms with Crippen molar-refractivity contribution in [1.82, 2.24) is 4.90 Å². The summed E-state index contributed by atoms with van der Waals surface area (Å²) in [5, 5.41) is 0.733. The van der Waals surface area contributed by atoms with Gasteiger partial charge in [-0.3, -0.25) is 4.90 Å². The van der Waals surface area contributed by atoms with Crippen LogP contribution >= 0.6 is 11.6 Å². The topological polar surface area (TPSA) is 37.4 Å². The molecule has 0 amide bonds. The first-order chi connectivity index (χ1) is 9.21. The molecular formula is C15H22ClNO2S. The van der Waals surface area contributed by atoms with E-state index in [9.17, 15) is 8.42 Å². The van der Waals surface area contributed by atoms with E-state index in [0.29, 0.717) is 6.54 Å². The summed E-state index contributed by atoms with van der Waals surface area (Å²) in [5.74, 6) is 0. The third-order valence-corrected chi connectivity index (χ3v) is 6.56. The van der Waals surface area contributed by atoms with E-state index in [-0.39, 0.29) is 6.04 Å². The zero-order valence-electron chi connectivity index (χ0n) is 12.3. The molecule has 0 bridgehead atoms. The summed E-state index contributed by atoms with van der Waals surface area (Å²) in [6.07, 6.45) is 3.47. The van der Waals surface area contributed by atoms with E-state index in [1.165, 1.54) is 11.8 Å². The monoisotopic (exact) mass is 315 g/mol. The normalized spacial score (nSPS) is 21.3. The van der Waals surface area contributed by atoms with Crippen LogP contribution < -0.4 is 0 Å². The molecule has 112 valence electrons. The fourth-order valence-electron chi connectivity index (χ4n) is 2.71. The Morgan fingerprint density at radius 3 is 2.70 bits per heavy atom. The van der Waals surface area contributed by atoms with Gasteiger partial charge in [0.2, 0.25) is 0 Å². The van der Waals surface area contributed by atoms with Crippen molar-refractivity contribution in [2.45, 2.75) is 37.5 Å². The Morgan fingerprint density at radius 1 is 1.40 bits per heavy atom. The molecule has 1 unspecified atom stereocenters. The lowest BCUT2D eigenvalue weighted by Crippen LogP contribution is -2.43. The van der Waals surface area contributed by atoms with Gasteiger partial charge in [0.15, 0.2) is 9.84 Å². The van der Waals surface area contributed by atoms with E-state index in [2.05, 4.69) is 11.0 Å². The quantitative estimate of drug-likeness (QED) is 0.855. The van der Waals surface area contributed by atoms with Gasteiger partial charge in [0.1, 0.15) is 0 Å². The van der Waals surface area contributed by atoms with Crippen molar-refractivity contribution in [1.29, 1.82) is 0 Å². The molecule has 0 spiro atoms.